The molecule has 2 aromatic heterocycles. The van der Waals surface area contributed by atoms with Crippen LogP contribution in [0.3, 0.4) is 0 Å². The van der Waals surface area contributed by atoms with E-state index in [1.165, 1.54) is 6.33 Å². The Hall–Kier alpha value is -4.50. The van der Waals surface area contributed by atoms with Crippen LogP contribution < -0.4 is 16.4 Å². The summed E-state index contributed by atoms with van der Waals surface area (Å²) in [5, 5.41) is 6.48. The average Bonchev–Trinajstić information content (AvgIpc) is 3.17. The first kappa shape index (κ1) is 24.2. The van der Waals surface area contributed by atoms with Crippen molar-refractivity contribution in [1.29, 1.82) is 0 Å². The highest BCUT2D eigenvalue weighted by Crippen LogP contribution is 2.41. The van der Waals surface area contributed by atoms with Crippen molar-refractivity contribution >= 4 is 34.4 Å². The normalized spacial score (nSPS) is 14.7. The number of fused-ring (bicyclic) bond motifs is 1. The Morgan fingerprint density at radius 1 is 1.11 bits per heavy atom. The van der Waals surface area contributed by atoms with Crippen LogP contribution in [0.4, 0.5) is 11.5 Å². The lowest BCUT2D eigenvalue weighted by atomic mass is 9.97. The highest BCUT2D eigenvalue weighted by Gasteiger charge is 2.23. The van der Waals surface area contributed by atoms with Crippen molar-refractivity contribution in [3.8, 4) is 22.4 Å². The van der Waals surface area contributed by atoms with E-state index < -0.39 is 0 Å². The topological polar surface area (TPSA) is 124 Å². The molecular weight excluding hydrogens is 468 g/mol. The smallest absolute Gasteiger partial charge is 0.251 e. The molecule has 0 bridgehead atoms. The Bertz CT molecular complexity index is 1500. The predicted octanol–water partition coefficient (Wildman–Crippen LogP) is 3.92. The Morgan fingerprint density at radius 3 is 2.41 bits per heavy atom. The van der Waals surface area contributed by atoms with Crippen molar-refractivity contribution < 1.29 is 14.3 Å². The second kappa shape index (κ2) is 9.87. The fraction of sp³-hybridized carbons (Fsp3) is 0.214. The molecule has 9 nitrogen and oxygen atoms in total. The molecule has 0 aliphatic carbocycles. The van der Waals surface area contributed by atoms with E-state index in [0.29, 0.717) is 34.8 Å². The third kappa shape index (κ3) is 4.68. The first-order valence-electron chi connectivity index (χ1n) is 12.0. The zero-order valence-corrected chi connectivity index (χ0v) is 20.7. The van der Waals surface area contributed by atoms with Gasteiger partial charge in [-0.05, 0) is 48.7 Å². The number of rotatable bonds is 7. The van der Waals surface area contributed by atoms with Crippen LogP contribution in [0.5, 0.6) is 0 Å². The number of carbonyl (C=O) groups is 2. The molecule has 1 saturated heterocycles. The molecule has 188 valence electrons. The number of carbonyl (C=O) groups excluding carboxylic acids is 2. The van der Waals surface area contributed by atoms with Crippen LogP contribution in [0.2, 0.25) is 0 Å². The summed E-state index contributed by atoms with van der Waals surface area (Å²) in [6.45, 7) is 6.59. The fourth-order valence-electron chi connectivity index (χ4n) is 4.39. The first-order valence-corrected chi connectivity index (χ1v) is 12.0. The number of aromatic nitrogens is 3. The molecule has 1 aliphatic heterocycles. The molecule has 0 saturated carbocycles. The summed E-state index contributed by atoms with van der Waals surface area (Å²) < 4.78 is 7.35. The number of anilines is 2. The SMILES string of the molecule is C=C(C)C(=O)Nc1ccc(-c2c(-c3ccc(C(=O)NCC4CCO4)cc3)c3c(N)ncnc3n2C)cc1. The quantitative estimate of drug-likeness (QED) is 0.333. The number of nitrogen functional groups attached to an aromatic ring is 1. The minimum atomic E-state index is -0.231. The van der Waals surface area contributed by atoms with Crippen molar-refractivity contribution in [3.05, 3.63) is 72.6 Å². The third-order valence-corrected chi connectivity index (χ3v) is 6.52. The molecular formula is C28H28N6O3. The molecule has 1 unspecified atom stereocenters. The van der Waals surface area contributed by atoms with Gasteiger partial charge in [0.05, 0.1) is 17.2 Å². The monoisotopic (exact) mass is 496 g/mol. The largest absolute Gasteiger partial charge is 0.383 e. The number of hydrogen-bond donors (Lipinski definition) is 3. The number of nitrogens with one attached hydrogen (secondary N) is 2. The Labute approximate surface area is 214 Å². The molecule has 1 aliphatic rings. The number of nitrogens with zero attached hydrogens (tertiary/aromatic N) is 3. The maximum absolute atomic E-state index is 12.6. The minimum Gasteiger partial charge on any atom is -0.383 e. The molecule has 1 atom stereocenters. The van der Waals surface area contributed by atoms with E-state index in [-0.39, 0.29) is 17.9 Å². The van der Waals surface area contributed by atoms with Crippen LogP contribution in [-0.2, 0) is 16.6 Å². The van der Waals surface area contributed by atoms with Crippen molar-refractivity contribution in [3.63, 3.8) is 0 Å². The van der Waals surface area contributed by atoms with Gasteiger partial charge in [0.25, 0.3) is 11.8 Å². The van der Waals surface area contributed by atoms with Gasteiger partial charge in [0.2, 0.25) is 0 Å². The van der Waals surface area contributed by atoms with Gasteiger partial charge < -0.3 is 25.7 Å². The number of amides is 2. The van der Waals surface area contributed by atoms with E-state index in [4.69, 9.17) is 10.5 Å². The molecule has 2 aromatic carbocycles. The van der Waals surface area contributed by atoms with E-state index in [1.807, 2.05) is 48.0 Å². The average molecular weight is 497 g/mol. The molecule has 0 radical (unpaired) electrons. The maximum atomic E-state index is 12.6. The summed E-state index contributed by atoms with van der Waals surface area (Å²) in [6.07, 6.45) is 2.51. The molecule has 3 heterocycles. The second-order valence-corrected chi connectivity index (χ2v) is 9.12. The predicted molar refractivity (Wildman–Crippen MR) is 144 cm³/mol. The number of aryl methyl sites for hydroxylation is 1. The highest BCUT2D eigenvalue weighted by molar-refractivity contribution is 6.08. The zero-order valence-electron chi connectivity index (χ0n) is 20.7. The molecule has 4 N–H and O–H groups in total. The van der Waals surface area contributed by atoms with Crippen molar-refractivity contribution in [1.82, 2.24) is 19.9 Å². The summed E-state index contributed by atoms with van der Waals surface area (Å²) in [6, 6.07) is 14.9. The van der Waals surface area contributed by atoms with Crippen LogP contribution in [0.25, 0.3) is 33.4 Å². The van der Waals surface area contributed by atoms with Crippen molar-refractivity contribution in [2.75, 3.05) is 24.2 Å². The number of nitrogens with two attached hydrogens (primary N) is 1. The van der Waals surface area contributed by atoms with E-state index >= 15 is 0 Å². The fourth-order valence-corrected chi connectivity index (χ4v) is 4.39. The van der Waals surface area contributed by atoms with Crippen molar-refractivity contribution in [2.24, 2.45) is 7.05 Å². The summed E-state index contributed by atoms with van der Waals surface area (Å²) >= 11 is 0. The second-order valence-electron chi connectivity index (χ2n) is 9.12. The summed E-state index contributed by atoms with van der Waals surface area (Å²) in [5.41, 5.74) is 12.2. The van der Waals surface area contributed by atoms with Crippen LogP contribution >= 0.6 is 0 Å². The molecule has 9 heteroatoms. The lowest BCUT2D eigenvalue weighted by molar-refractivity contribution is -0.112. The van der Waals surface area contributed by atoms with Crippen LogP contribution in [-0.4, -0.2) is 45.6 Å². The van der Waals surface area contributed by atoms with Gasteiger partial charge in [-0.3, -0.25) is 9.59 Å². The summed E-state index contributed by atoms with van der Waals surface area (Å²) in [4.78, 5) is 33.3. The van der Waals surface area contributed by atoms with Gasteiger partial charge in [-0.2, -0.15) is 0 Å². The standard InChI is InChI=1S/C28H28N6O3/c1-16(2)27(35)33-20-10-8-18(9-11-20)24-22(23-25(29)31-15-32-26(23)34(24)3)17-4-6-19(7-5-17)28(36)30-14-21-12-13-37-21/h4-11,15,21H,1,12-14H2,2-3H3,(H,30,36)(H,33,35)(H2,29,31,32). The third-order valence-electron chi connectivity index (χ3n) is 6.52. The minimum absolute atomic E-state index is 0.102. The van der Waals surface area contributed by atoms with Gasteiger partial charge >= 0.3 is 0 Å². The highest BCUT2D eigenvalue weighted by atomic mass is 16.5. The molecule has 37 heavy (non-hydrogen) atoms. The lowest BCUT2D eigenvalue weighted by Gasteiger charge is -2.26. The number of hydrogen-bond acceptors (Lipinski definition) is 6. The molecule has 1 fully saturated rings. The molecule has 4 aromatic rings. The van der Waals surface area contributed by atoms with Gasteiger partial charge in [0.15, 0.2) is 0 Å². The lowest BCUT2D eigenvalue weighted by Crippen LogP contribution is -2.39. The van der Waals surface area contributed by atoms with Crippen LogP contribution in [0, 0.1) is 0 Å². The van der Waals surface area contributed by atoms with Gasteiger partial charge in [0.1, 0.15) is 17.8 Å². The van der Waals surface area contributed by atoms with Gasteiger partial charge in [0, 0.05) is 42.6 Å². The van der Waals surface area contributed by atoms with E-state index in [0.717, 1.165) is 40.8 Å². The summed E-state index contributed by atoms with van der Waals surface area (Å²) in [7, 11) is 1.93. The van der Waals surface area contributed by atoms with Crippen LogP contribution in [0.15, 0.2) is 67.0 Å². The van der Waals surface area contributed by atoms with Crippen LogP contribution in [0.1, 0.15) is 23.7 Å². The Kier molecular flexibility index (Phi) is 6.45. The maximum Gasteiger partial charge on any atom is 0.251 e. The summed E-state index contributed by atoms with van der Waals surface area (Å²) in [5.74, 6) is -0.00428. The van der Waals surface area contributed by atoms with Gasteiger partial charge in [-0.1, -0.05) is 30.8 Å². The Morgan fingerprint density at radius 2 is 1.78 bits per heavy atom. The molecule has 2 amide bonds. The van der Waals surface area contributed by atoms with Gasteiger partial charge in [-0.25, -0.2) is 9.97 Å². The zero-order chi connectivity index (χ0) is 26.1. The molecule has 0 spiro atoms. The van der Waals surface area contributed by atoms with E-state index in [9.17, 15) is 9.59 Å². The molecule has 5 rings (SSSR count). The van der Waals surface area contributed by atoms with E-state index in [2.05, 4.69) is 27.2 Å². The van der Waals surface area contributed by atoms with E-state index in [1.54, 1.807) is 19.1 Å². The number of ether oxygens (including phenoxy) is 1. The first-order chi connectivity index (χ1) is 17.8. The van der Waals surface area contributed by atoms with Crippen molar-refractivity contribution in [2.45, 2.75) is 19.4 Å². The van der Waals surface area contributed by atoms with Gasteiger partial charge in [-0.15, -0.1) is 0 Å². The number of benzene rings is 2. The Balaban J connectivity index is 1.52.